The Kier molecular flexibility index (Phi) is 4.89. The molecule has 0 bridgehead atoms. The number of anilines is 2. The molecule has 5 rings (SSSR count). The van der Waals surface area contributed by atoms with E-state index in [1.54, 1.807) is 0 Å². The Bertz CT molecular complexity index is 1130. The van der Waals surface area contributed by atoms with E-state index in [-0.39, 0.29) is 6.17 Å². The summed E-state index contributed by atoms with van der Waals surface area (Å²) >= 11 is 0. The molecular formula is C26H24N2O2. The summed E-state index contributed by atoms with van der Waals surface area (Å²) in [7, 11) is 0. The molecule has 0 radical (unpaired) electrons. The quantitative estimate of drug-likeness (QED) is 0.398. The van der Waals surface area contributed by atoms with Gasteiger partial charge in [0, 0.05) is 16.8 Å². The summed E-state index contributed by atoms with van der Waals surface area (Å²) in [5, 5.41) is 9.68. The molecule has 0 spiro atoms. The fourth-order valence-corrected chi connectivity index (χ4v) is 3.92. The van der Waals surface area contributed by atoms with Crippen LogP contribution < -0.4 is 20.1 Å². The third kappa shape index (κ3) is 3.52. The van der Waals surface area contributed by atoms with Gasteiger partial charge in [-0.1, -0.05) is 60.7 Å². The molecule has 0 fully saturated rings. The highest BCUT2D eigenvalue weighted by molar-refractivity contribution is 6.04. The van der Waals surface area contributed by atoms with Gasteiger partial charge < -0.3 is 20.1 Å². The maximum atomic E-state index is 6.06. The normalized spacial score (nSPS) is 12.8. The van der Waals surface area contributed by atoms with Crippen molar-refractivity contribution in [2.24, 2.45) is 0 Å². The van der Waals surface area contributed by atoms with Gasteiger partial charge in [0.15, 0.2) is 11.5 Å². The van der Waals surface area contributed by atoms with Crippen molar-refractivity contribution in [3.63, 3.8) is 0 Å². The van der Waals surface area contributed by atoms with Crippen LogP contribution >= 0.6 is 0 Å². The molecule has 1 heterocycles. The fourth-order valence-electron chi connectivity index (χ4n) is 3.92. The zero-order valence-electron chi connectivity index (χ0n) is 16.9. The van der Waals surface area contributed by atoms with E-state index in [0.717, 1.165) is 34.0 Å². The zero-order chi connectivity index (χ0) is 20.3. The zero-order valence-corrected chi connectivity index (χ0v) is 16.9. The number of hydrogen-bond donors (Lipinski definition) is 2. The summed E-state index contributed by atoms with van der Waals surface area (Å²) in [6.45, 7) is 3.08. The van der Waals surface area contributed by atoms with Crippen molar-refractivity contribution >= 4 is 22.1 Å². The highest BCUT2D eigenvalue weighted by Gasteiger charge is 2.21. The second kappa shape index (κ2) is 7.99. The van der Waals surface area contributed by atoms with Crippen molar-refractivity contribution in [1.29, 1.82) is 0 Å². The smallest absolute Gasteiger partial charge is 0.161 e. The van der Waals surface area contributed by atoms with Crippen molar-refractivity contribution < 1.29 is 9.47 Å². The van der Waals surface area contributed by atoms with E-state index in [9.17, 15) is 0 Å². The summed E-state index contributed by atoms with van der Waals surface area (Å²) in [5.74, 6) is 1.51. The third-order valence-electron chi connectivity index (χ3n) is 5.34. The first-order valence-electron chi connectivity index (χ1n) is 10.3. The molecule has 1 aliphatic rings. The summed E-state index contributed by atoms with van der Waals surface area (Å²) < 4.78 is 12.0. The van der Waals surface area contributed by atoms with Gasteiger partial charge in [-0.15, -0.1) is 0 Å². The maximum absolute atomic E-state index is 6.06. The van der Waals surface area contributed by atoms with E-state index in [0.29, 0.717) is 13.2 Å². The van der Waals surface area contributed by atoms with Crippen molar-refractivity contribution in [2.75, 3.05) is 17.2 Å². The Morgan fingerprint density at radius 2 is 1.47 bits per heavy atom. The Hall–Kier alpha value is -3.66. The van der Waals surface area contributed by atoms with Gasteiger partial charge >= 0.3 is 0 Å². The molecule has 0 atom stereocenters. The summed E-state index contributed by atoms with van der Waals surface area (Å²) in [4.78, 5) is 0. The second-order valence-electron chi connectivity index (χ2n) is 7.34. The van der Waals surface area contributed by atoms with E-state index in [2.05, 4.69) is 71.3 Å². The molecule has 4 aromatic carbocycles. The highest BCUT2D eigenvalue weighted by atomic mass is 16.5. The van der Waals surface area contributed by atoms with Crippen molar-refractivity contribution in [1.82, 2.24) is 0 Å². The second-order valence-corrected chi connectivity index (χ2v) is 7.34. The average molecular weight is 396 g/mol. The van der Waals surface area contributed by atoms with Crippen LogP contribution in [0.5, 0.6) is 11.5 Å². The van der Waals surface area contributed by atoms with Gasteiger partial charge in [-0.25, -0.2) is 0 Å². The molecule has 0 saturated heterocycles. The molecule has 4 aromatic rings. The molecule has 2 N–H and O–H groups in total. The lowest BCUT2D eigenvalue weighted by Crippen LogP contribution is -2.23. The van der Waals surface area contributed by atoms with Gasteiger partial charge in [-0.3, -0.25) is 0 Å². The monoisotopic (exact) mass is 396 g/mol. The molecule has 150 valence electrons. The molecule has 30 heavy (non-hydrogen) atoms. The largest absolute Gasteiger partial charge is 0.490 e. The standard InChI is InChI=1S/C26H24N2O2/c1-2-29-24-16-20(14-15-23(24)30-17-18-8-4-3-5-9-18)26-27-21-12-6-10-19-11-7-13-22(28-26)25(19)21/h3-16,26-28H,2,17H2,1H3. The van der Waals surface area contributed by atoms with E-state index in [4.69, 9.17) is 9.47 Å². The molecule has 0 aromatic heterocycles. The molecule has 0 aliphatic carbocycles. The van der Waals surface area contributed by atoms with Crippen LogP contribution in [0.2, 0.25) is 0 Å². The van der Waals surface area contributed by atoms with Crippen LogP contribution in [0.4, 0.5) is 11.4 Å². The van der Waals surface area contributed by atoms with Gasteiger partial charge in [0.1, 0.15) is 12.8 Å². The van der Waals surface area contributed by atoms with E-state index >= 15 is 0 Å². The van der Waals surface area contributed by atoms with Crippen LogP contribution in [-0.4, -0.2) is 6.61 Å². The SMILES string of the molecule is CCOc1cc(C2Nc3cccc4cccc(c34)N2)ccc1OCc1ccccc1. The lowest BCUT2D eigenvalue weighted by atomic mass is 10.0. The van der Waals surface area contributed by atoms with Gasteiger partial charge in [0.2, 0.25) is 0 Å². The summed E-state index contributed by atoms with van der Waals surface area (Å²) in [6, 6.07) is 29.0. The maximum Gasteiger partial charge on any atom is 0.161 e. The first kappa shape index (κ1) is 18.4. The van der Waals surface area contributed by atoms with E-state index < -0.39 is 0 Å². The van der Waals surface area contributed by atoms with Crippen LogP contribution in [0, 0.1) is 0 Å². The van der Waals surface area contributed by atoms with Gasteiger partial charge in [-0.05, 0) is 47.7 Å². The van der Waals surface area contributed by atoms with Crippen molar-refractivity contribution in [2.45, 2.75) is 19.7 Å². The van der Waals surface area contributed by atoms with E-state index in [1.807, 2.05) is 31.2 Å². The number of hydrogen-bond acceptors (Lipinski definition) is 4. The molecule has 0 amide bonds. The molecule has 0 unspecified atom stereocenters. The van der Waals surface area contributed by atoms with Gasteiger partial charge in [-0.2, -0.15) is 0 Å². The Labute approximate surface area is 176 Å². The predicted octanol–water partition coefficient (Wildman–Crippen LogP) is 6.35. The van der Waals surface area contributed by atoms with E-state index in [1.165, 1.54) is 10.8 Å². The van der Waals surface area contributed by atoms with Crippen LogP contribution in [0.25, 0.3) is 10.8 Å². The topological polar surface area (TPSA) is 42.5 Å². The van der Waals surface area contributed by atoms with Crippen LogP contribution in [-0.2, 0) is 6.61 Å². The van der Waals surface area contributed by atoms with Gasteiger partial charge in [0.05, 0.1) is 6.61 Å². The number of benzene rings is 4. The lowest BCUT2D eigenvalue weighted by Gasteiger charge is -2.30. The summed E-state index contributed by atoms with van der Waals surface area (Å²) in [6.07, 6.45) is -0.0483. The molecule has 1 aliphatic heterocycles. The fraction of sp³-hybridized carbons (Fsp3) is 0.154. The molecule has 4 nitrogen and oxygen atoms in total. The Balaban J connectivity index is 1.41. The Morgan fingerprint density at radius 1 is 0.733 bits per heavy atom. The first-order chi connectivity index (χ1) is 14.8. The third-order valence-corrected chi connectivity index (χ3v) is 5.34. The summed E-state index contributed by atoms with van der Waals surface area (Å²) in [5.41, 5.74) is 4.49. The van der Waals surface area contributed by atoms with Crippen molar-refractivity contribution in [3.8, 4) is 11.5 Å². The van der Waals surface area contributed by atoms with Crippen molar-refractivity contribution in [3.05, 3.63) is 96.1 Å². The first-order valence-corrected chi connectivity index (χ1v) is 10.3. The van der Waals surface area contributed by atoms with Crippen LogP contribution in [0.15, 0.2) is 84.9 Å². The molecular weight excluding hydrogens is 372 g/mol. The van der Waals surface area contributed by atoms with Crippen LogP contribution in [0.3, 0.4) is 0 Å². The number of ether oxygens (including phenoxy) is 2. The average Bonchev–Trinajstić information content (AvgIpc) is 2.79. The lowest BCUT2D eigenvalue weighted by molar-refractivity contribution is 0.269. The molecule has 4 heteroatoms. The van der Waals surface area contributed by atoms with Crippen LogP contribution in [0.1, 0.15) is 24.2 Å². The Morgan fingerprint density at radius 3 is 2.17 bits per heavy atom. The minimum absolute atomic E-state index is 0.0483. The number of rotatable bonds is 6. The minimum Gasteiger partial charge on any atom is -0.490 e. The minimum atomic E-state index is -0.0483. The van der Waals surface area contributed by atoms with Gasteiger partial charge in [0.25, 0.3) is 0 Å². The predicted molar refractivity (Wildman–Crippen MR) is 122 cm³/mol. The molecule has 0 saturated carbocycles. The number of nitrogens with one attached hydrogen (secondary N) is 2. The highest BCUT2D eigenvalue weighted by Crippen LogP contribution is 2.40.